The lowest BCUT2D eigenvalue weighted by Gasteiger charge is -2.08. The Morgan fingerprint density at radius 1 is 1.43 bits per heavy atom. The van der Waals surface area contributed by atoms with Crippen LogP contribution < -0.4 is 0 Å². The molecule has 74 valence electrons. The monoisotopic (exact) mass is 189 g/mol. The largest absolute Gasteiger partial charge is 0.0625 e. The number of hydrogen-bond acceptors (Lipinski definition) is 1. The fraction of sp³-hybridized carbons (Fsp3) is 0.455. The minimum atomic E-state index is 0.652. The second kappa shape index (κ2) is 4.68. The average molecular weight is 189 g/mol. The van der Waals surface area contributed by atoms with E-state index in [-0.39, 0.29) is 0 Å². The van der Waals surface area contributed by atoms with Crippen LogP contribution in [0.25, 0.3) is 10.4 Å². The maximum absolute atomic E-state index is 8.28. The minimum absolute atomic E-state index is 0.652. The van der Waals surface area contributed by atoms with Gasteiger partial charge in [0.25, 0.3) is 0 Å². The molecule has 0 atom stereocenters. The Morgan fingerprint density at radius 3 is 2.64 bits per heavy atom. The third-order valence-electron chi connectivity index (χ3n) is 2.11. The van der Waals surface area contributed by atoms with Gasteiger partial charge in [0.1, 0.15) is 0 Å². The molecule has 1 aromatic carbocycles. The zero-order valence-electron chi connectivity index (χ0n) is 8.86. The topological polar surface area (TPSA) is 48.8 Å². The molecule has 0 aliphatic heterocycles. The van der Waals surface area contributed by atoms with Crippen molar-refractivity contribution in [2.45, 2.75) is 27.2 Å². The first-order chi connectivity index (χ1) is 6.63. The summed E-state index contributed by atoms with van der Waals surface area (Å²) in [5.74, 6) is 0.652. The van der Waals surface area contributed by atoms with E-state index in [1.54, 1.807) is 0 Å². The summed E-state index contributed by atoms with van der Waals surface area (Å²) in [4.78, 5) is 2.76. The molecule has 14 heavy (non-hydrogen) atoms. The highest BCUT2D eigenvalue weighted by Crippen LogP contribution is 2.20. The molecule has 1 aromatic rings. The number of rotatable bonds is 3. The Hall–Kier alpha value is -1.47. The van der Waals surface area contributed by atoms with Gasteiger partial charge in [-0.15, -0.1) is 0 Å². The standard InChI is InChI=1S/C11H15N3/c1-8(2)6-10-4-5-11(13-14-12)7-9(10)3/h4-5,7-8H,6H2,1-3H3. The first kappa shape index (κ1) is 10.6. The maximum Gasteiger partial charge on any atom is 0.0378 e. The molecule has 0 amide bonds. The molecule has 0 aliphatic carbocycles. The molecule has 1 rings (SSSR count). The van der Waals surface area contributed by atoms with Crippen molar-refractivity contribution in [3.63, 3.8) is 0 Å². The van der Waals surface area contributed by atoms with Gasteiger partial charge in [-0.3, -0.25) is 0 Å². The van der Waals surface area contributed by atoms with Crippen LogP contribution in [0.1, 0.15) is 25.0 Å². The lowest BCUT2D eigenvalue weighted by atomic mass is 9.98. The van der Waals surface area contributed by atoms with Crippen molar-refractivity contribution in [3.8, 4) is 0 Å². The molecular weight excluding hydrogens is 174 g/mol. The van der Waals surface area contributed by atoms with Crippen LogP contribution in [-0.4, -0.2) is 0 Å². The van der Waals surface area contributed by atoms with E-state index in [0.29, 0.717) is 11.6 Å². The zero-order chi connectivity index (χ0) is 10.6. The maximum atomic E-state index is 8.28. The molecule has 0 bridgehead atoms. The van der Waals surface area contributed by atoms with Gasteiger partial charge in [0.15, 0.2) is 0 Å². The van der Waals surface area contributed by atoms with Crippen molar-refractivity contribution in [2.75, 3.05) is 0 Å². The average Bonchev–Trinajstić information content (AvgIpc) is 2.10. The summed E-state index contributed by atoms with van der Waals surface area (Å²) < 4.78 is 0. The molecule has 0 aromatic heterocycles. The fourth-order valence-corrected chi connectivity index (χ4v) is 1.46. The Balaban J connectivity index is 2.95. The fourth-order valence-electron chi connectivity index (χ4n) is 1.46. The molecule has 0 radical (unpaired) electrons. The number of benzene rings is 1. The zero-order valence-corrected chi connectivity index (χ0v) is 8.86. The van der Waals surface area contributed by atoms with Crippen LogP contribution in [-0.2, 0) is 6.42 Å². The van der Waals surface area contributed by atoms with Crippen molar-refractivity contribution in [3.05, 3.63) is 39.8 Å². The predicted molar refractivity (Wildman–Crippen MR) is 58.5 cm³/mol. The Morgan fingerprint density at radius 2 is 2.14 bits per heavy atom. The Kier molecular flexibility index (Phi) is 3.55. The Bertz CT molecular complexity index is 363. The van der Waals surface area contributed by atoms with Crippen LogP contribution in [0, 0.1) is 12.8 Å². The molecule has 3 heteroatoms. The number of azide groups is 1. The van der Waals surface area contributed by atoms with Crippen molar-refractivity contribution in [1.29, 1.82) is 0 Å². The van der Waals surface area contributed by atoms with E-state index >= 15 is 0 Å². The Labute approximate surface area is 84.4 Å². The molecule has 0 saturated heterocycles. The summed E-state index contributed by atoms with van der Waals surface area (Å²) in [5.41, 5.74) is 11.5. The van der Waals surface area contributed by atoms with Crippen LogP contribution >= 0.6 is 0 Å². The van der Waals surface area contributed by atoms with Gasteiger partial charge < -0.3 is 0 Å². The van der Waals surface area contributed by atoms with Crippen LogP contribution in [0.3, 0.4) is 0 Å². The predicted octanol–water partition coefficient (Wildman–Crippen LogP) is 4.14. The number of hydrogen-bond donors (Lipinski definition) is 0. The van der Waals surface area contributed by atoms with E-state index in [2.05, 4.69) is 23.9 Å². The first-order valence-electron chi connectivity index (χ1n) is 4.78. The van der Waals surface area contributed by atoms with Crippen molar-refractivity contribution < 1.29 is 0 Å². The molecule has 0 unspecified atom stereocenters. The summed E-state index contributed by atoms with van der Waals surface area (Å²) in [6.45, 7) is 6.44. The molecule has 0 fully saturated rings. The normalized spacial score (nSPS) is 10.0. The van der Waals surface area contributed by atoms with Crippen LogP contribution in [0.15, 0.2) is 23.3 Å². The van der Waals surface area contributed by atoms with Gasteiger partial charge in [0.05, 0.1) is 0 Å². The molecule has 0 aliphatic rings. The number of nitrogens with zero attached hydrogens (tertiary/aromatic N) is 3. The summed E-state index contributed by atoms with van der Waals surface area (Å²) in [6, 6.07) is 5.83. The molecule has 0 saturated carbocycles. The summed E-state index contributed by atoms with van der Waals surface area (Å²) in [5, 5.41) is 3.57. The van der Waals surface area contributed by atoms with Crippen molar-refractivity contribution in [2.24, 2.45) is 11.0 Å². The third kappa shape index (κ3) is 2.79. The van der Waals surface area contributed by atoms with Gasteiger partial charge >= 0.3 is 0 Å². The number of aryl methyl sites for hydroxylation is 1. The van der Waals surface area contributed by atoms with E-state index in [0.717, 1.165) is 6.42 Å². The van der Waals surface area contributed by atoms with E-state index < -0.39 is 0 Å². The highest BCUT2D eigenvalue weighted by Gasteiger charge is 2.01. The lowest BCUT2D eigenvalue weighted by molar-refractivity contribution is 0.645. The van der Waals surface area contributed by atoms with E-state index in [4.69, 9.17) is 5.53 Å². The third-order valence-corrected chi connectivity index (χ3v) is 2.11. The minimum Gasteiger partial charge on any atom is -0.0625 e. The van der Waals surface area contributed by atoms with Gasteiger partial charge in [-0.25, -0.2) is 0 Å². The molecule has 0 spiro atoms. The first-order valence-corrected chi connectivity index (χ1v) is 4.78. The second-order valence-corrected chi connectivity index (χ2v) is 3.90. The van der Waals surface area contributed by atoms with Crippen LogP contribution in [0.4, 0.5) is 5.69 Å². The smallest absolute Gasteiger partial charge is 0.0378 e. The highest BCUT2D eigenvalue weighted by atomic mass is 15.1. The van der Waals surface area contributed by atoms with E-state index in [1.807, 2.05) is 25.1 Å². The van der Waals surface area contributed by atoms with Gasteiger partial charge in [-0.05, 0) is 42.0 Å². The van der Waals surface area contributed by atoms with Gasteiger partial charge in [0, 0.05) is 10.6 Å². The van der Waals surface area contributed by atoms with Gasteiger partial charge in [0.2, 0.25) is 0 Å². The van der Waals surface area contributed by atoms with Crippen LogP contribution in [0.2, 0.25) is 0 Å². The summed E-state index contributed by atoms with van der Waals surface area (Å²) in [7, 11) is 0. The lowest BCUT2D eigenvalue weighted by Crippen LogP contribution is -1.96. The van der Waals surface area contributed by atoms with E-state index in [9.17, 15) is 0 Å². The SMILES string of the molecule is Cc1cc(N=[N+]=[N-])ccc1CC(C)C. The van der Waals surface area contributed by atoms with E-state index in [1.165, 1.54) is 11.1 Å². The quantitative estimate of drug-likeness (QED) is 0.390. The highest BCUT2D eigenvalue weighted by molar-refractivity contribution is 5.43. The van der Waals surface area contributed by atoms with Gasteiger partial charge in [-0.1, -0.05) is 31.1 Å². The second-order valence-electron chi connectivity index (χ2n) is 3.90. The van der Waals surface area contributed by atoms with Gasteiger partial charge in [-0.2, -0.15) is 0 Å². The van der Waals surface area contributed by atoms with Crippen molar-refractivity contribution in [1.82, 2.24) is 0 Å². The molecule has 3 nitrogen and oxygen atoms in total. The molecular formula is C11H15N3. The summed E-state index contributed by atoms with van der Waals surface area (Å²) in [6.07, 6.45) is 1.07. The molecule has 0 heterocycles. The van der Waals surface area contributed by atoms with Crippen molar-refractivity contribution >= 4 is 5.69 Å². The molecule has 0 N–H and O–H groups in total. The van der Waals surface area contributed by atoms with Crippen LogP contribution in [0.5, 0.6) is 0 Å². The summed E-state index contributed by atoms with van der Waals surface area (Å²) >= 11 is 0.